The summed E-state index contributed by atoms with van der Waals surface area (Å²) in [6, 6.07) is -0.734. The van der Waals surface area contributed by atoms with Gasteiger partial charge in [0.1, 0.15) is 18.0 Å². The maximum atomic E-state index is 11.7. The van der Waals surface area contributed by atoms with E-state index in [9.17, 15) is 9.59 Å². The molecule has 0 aromatic carbocycles. The molecule has 0 aliphatic heterocycles. The van der Waals surface area contributed by atoms with Gasteiger partial charge in [-0.15, -0.1) is 0 Å². The molecule has 1 atom stereocenters. The lowest BCUT2D eigenvalue weighted by Gasteiger charge is -2.19. The highest BCUT2D eigenvalue weighted by atomic mass is 16.6. The molecule has 19 heavy (non-hydrogen) atoms. The summed E-state index contributed by atoms with van der Waals surface area (Å²) in [4.78, 5) is 26.6. The number of imidazole rings is 1. The van der Waals surface area contributed by atoms with E-state index in [2.05, 4.69) is 10.3 Å². The van der Waals surface area contributed by atoms with Gasteiger partial charge in [-0.2, -0.15) is 0 Å². The fourth-order valence-corrected chi connectivity index (χ4v) is 1.41. The first-order valence-electron chi connectivity index (χ1n) is 5.89. The van der Waals surface area contributed by atoms with Crippen molar-refractivity contribution in [2.24, 2.45) is 0 Å². The topological polar surface area (TPSA) is 93.5 Å². The molecular formula is C12H19N3O4. The van der Waals surface area contributed by atoms with Crippen molar-refractivity contribution >= 4 is 12.1 Å². The number of likely N-dealkylation sites (N-methyl/N-ethyl adjacent to an activating group) is 1. The van der Waals surface area contributed by atoms with Crippen molar-refractivity contribution in [3.05, 3.63) is 18.2 Å². The molecule has 0 unspecified atom stereocenters. The molecular weight excluding hydrogens is 250 g/mol. The highest BCUT2D eigenvalue weighted by Gasteiger charge is 2.20. The van der Waals surface area contributed by atoms with E-state index in [4.69, 9.17) is 9.84 Å². The van der Waals surface area contributed by atoms with E-state index in [1.165, 1.54) is 17.1 Å². The van der Waals surface area contributed by atoms with Gasteiger partial charge < -0.3 is 15.2 Å². The van der Waals surface area contributed by atoms with E-state index in [1.54, 1.807) is 27.8 Å². The lowest BCUT2D eigenvalue weighted by atomic mass is 10.2. The average Bonchev–Trinajstić information content (AvgIpc) is 2.71. The first-order valence-corrected chi connectivity index (χ1v) is 5.89. The molecule has 0 aliphatic rings. The predicted molar refractivity (Wildman–Crippen MR) is 68.0 cm³/mol. The monoisotopic (exact) mass is 269 g/mol. The van der Waals surface area contributed by atoms with Crippen LogP contribution in [0.3, 0.4) is 0 Å². The number of hydrogen-bond donors (Lipinski definition) is 2. The molecule has 0 fully saturated rings. The van der Waals surface area contributed by atoms with Crippen molar-refractivity contribution in [1.82, 2.24) is 14.9 Å². The van der Waals surface area contributed by atoms with Crippen LogP contribution in [0.15, 0.2) is 12.5 Å². The predicted octanol–water partition coefficient (Wildman–Crippen LogP) is 0.881. The molecule has 1 heterocycles. The van der Waals surface area contributed by atoms with Crippen molar-refractivity contribution in [2.45, 2.75) is 38.8 Å². The standard InChI is InChI=1S/C12H19N3O4/c1-12(2,3)19-11(18)15-6-8(14-7-15)5-9(13-4)10(16)17/h6-7,9,13H,5H2,1-4H3,(H,16,17)/t9-/m0/s1. The summed E-state index contributed by atoms with van der Waals surface area (Å²) in [7, 11) is 1.56. The van der Waals surface area contributed by atoms with Gasteiger partial charge in [0.25, 0.3) is 0 Å². The SMILES string of the molecule is CN[C@@H](Cc1cn(C(=O)OC(C)(C)C)cn1)C(=O)O. The molecule has 7 nitrogen and oxygen atoms in total. The second kappa shape index (κ2) is 5.83. The second-order valence-corrected chi connectivity index (χ2v) is 5.14. The van der Waals surface area contributed by atoms with Crippen LogP contribution in [-0.4, -0.2) is 45.4 Å². The normalized spacial score (nSPS) is 13.1. The Balaban J connectivity index is 2.72. The molecule has 1 aromatic heterocycles. The smallest absolute Gasteiger partial charge is 0.419 e. The number of hydrogen-bond acceptors (Lipinski definition) is 5. The summed E-state index contributed by atoms with van der Waals surface area (Å²) in [6.07, 6.45) is 2.45. The van der Waals surface area contributed by atoms with Crippen LogP contribution in [0.2, 0.25) is 0 Å². The molecule has 2 N–H and O–H groups in total. The van der Waals surface area contributed by atoms with E-state index in [1.807, 2.05) is 0 Å². The molecule has 0 amide bonds. The number of rotatable bonds is 4. The average molecular weight is 269 g/mol. The van der Waals surface area contributed by atoms with Gasteiger partial charge in [0.05, 0.1) is 5.69 Å². The minimum atomic E-state index is -0.964. The lowest BCUT2D eigenvalue weighted by Crippen LogP contribution is -2.35. The van der Waals surface area contributed by atoms with E-state index < -0.39 is 23.7 Å². The van der Waals surface area contributed by atoms with Gasteiger partial charge in [-0.05, 0) is 27.8 Å². The summed E-state index contributed by atoms with van der Waals surface area (Å²) in [5, 5.41) is 11.6. The summed E-state index contributed by atoms with van der Waals surface area (Å²) < 4.78 is 6.37. The van der Waals surface area contributed by atoms with Crippen LogP contribution < -0.4 is 5.32 Å². The molecule has 0 spiro atoms. The Hall–Kier alpha value is -1.89. The molecule has 0 bridgehead atoms. The largest absolute Gasteiger partial charge is 0.480 e. The number of carbonyl (C=O) groups excluding carboxylic acids is 1. The van der Waals surface area contributed by atoms with E-state index in [0.717, 1.165) is 0 Å². The van der Waals surface area contributed by atoms with Gasteiger partial charge in [-0.1, -0.05) is 0 Å². The zero-order valence-electron chi connectivity index (χ0n) is 11.5. The number of carboxylic acid groups (broad SMARTS) is 1. The minimum absolute atomic E-state index is 0.196. The van der Waals surface area contributed by atoms with Crippen molar-refractivity contribution in [3.8, 4) is 0 Å². The van der Waals surface area contributed by atoms with Crippen LogP contribution in [0.1, 0.15) is 26.5 Å². The summed E-state index contributed by atoms with van der Waals surface area (Å²) >= 11 is 0. The van der Waals surface area contributed by atoms with Crippen molar-refractivity contribution in [3.63, 3.8) is 0 Å². The zero-order chi connectivity index (χ0) is 14.6. The Bertz CT molecular complexity index is 462. The highest BCUT2D eigenvalue weighted by molar-refractivity contribution is 5.74. The maximum absolute atomic E-state index is 11.7. The zero-order valence-corrected chi connectivity index (χ0v) is 11.5. The van der Waals surface area contributed by atoms with Crippen molar-refractivity contribution in [2.75, 3.05) is 7.05 Å². The highest BCUT2D eigenvalue weighted by Crippen LogP contribution is 2.09. The first-order chi connectivity index (χ1) is 8.73. The number of aromatic nitrogens is 2. The number of carboxylic acids is 1. The second-order valence-electron chi connectivity index (χ2n) is 5.14. The molecule has 0 saturated heterocycles. The van der Waals surface area contributed by atoms with Crippen molar-refractivity contribution < 1.29 is 19.4 Å². The molecule has 1 aromatic rings. The number of aliphatic carboxylic acids is 1. The quantitative estimate of drug-likeness (QED) is 0.842. The molecule has 1 rings (SSSR count). The maximum Gasteiger partial charge on any atom is 0.419 e. The third-order valence-corrected chi connectivity index (χ3v) is 2.30. The Morgan fingerprint density at radius 3 is 2.63 bits per heavy atom. The number of nitrogens with one attached hydrogen (secondary N) is 1. The minimum Gasteiger partial charge on any atom is -0.480 e. The summed E-state index contributed by atoms with van der Waals surface area (Å²) in [6.45, 7) is 5.30. The van der Waals surface area contributed by atoms with Gasteiger partial charge in [0, 0.05) is 12.6 Å². The number of ether oxygens (including phenoxy) is 1. The van der Waals surface area contributed by atoms with E-state index in [0.29, 0.717) is 5.69 Å². The fraction of sp³-hybridized carbons (Fsp3) is 0.583. The van der Waals surface area contributed by atoms with Crippen molar-refractivity contribution in [1.29, 1.82) is 0 Å². The molecule has 0 aliphatic carbocycles. The van der Waals surface area contributed by atoms with Gasteiger partial charge in [-0.25, -0.2) is 14.3 Å². The van der Waals surface area contributed by atoms with Gasteiger partial charge in [0.15, 0.2) is 0 Å². The van der Waals surface area contributed by atoms with Crippen LogP contribution in [0.25, 0.3) is 0 Å². The lowest BCUT2D eigenvalue weighted by molar-refractivity contribution is -0.139. The summed E-state index contributed by atoms with van der Waals surface area (Å²) in [5.41, 5.74) is -0.0802. The van der Waals surface area contributed by atoms with Crippen LogP contribution in [-0.2, 0) is 16.0 Å². The van der Waals surface area contributed by atoms with Crippen LogP contribution in [0.5, 0.6) is 0 Å². The number of nitrogens with zero attached hydrogens (tertiary/aromatic N) is 2. The number of carbonyl (C=O) groups is 2. The van der Waals surface area contributed by atoms with E-state index in [-0.39, 0.29) is 6.42 Å². The Kier molecular flexibility index (Phi) is 4.66. The Morgan fingerprint density at radius 1 is 1.53 bits per heavy atom. The Morgan fingerprint density at radius 2 is 2.16 bits per heavy atom. The summed E-state index contributed by atoms with van der Waals surface area (Å²) in [5.74, 6) is -0.964. The van der Waals surface area contributed by atoms with E-state index >= 15 is 0 Å². The van der Waals surface area contributed by atoms with Crippen LogP contribution in [0, 0.1) is 0 Å². The third-order valence-electron chi connectivity index (χ3n) is 2.30. The molecule has 7 heteroatoms. The first kappa shape index (κ1) is 15.2. The molecule has 0 radical (unpaired) electrons. The van der Waals surface area contributed by atoms with Gasteiger partial charge in [-0.3, -0.25) is 4.79 Å². The van der Waals surface area contributed by atoms with Crippen LogP contribution in [0.4, 0.5) is 4.79 Å². The van der Waals surface area contributed by atoms with Gasteiger partial charge >= 0.3 is 12.1 Å². The van der Waals surface area contributed by atoms with Crippen LogP contribution >= 0.6 is 0 Å². The fourth-order valence-electron chi connectivity index (χ4n) is 1.41. The molecule has 106 valence electrons. The van der Waals surface area contributed by atoms with Gasteiger partial charge in [0.2, 0.25) is 0 Å². The molecule has 0 saturated carbocycles. The third kappa shape index (κ3) is 4.70. The Labute approximate surface area is 111 Å².